The Balaban J connectivity index is 1.66. The van der Waals surface area contributed by atoms with Crippen LogP contribution >= 0.6 is 0 Å². The number of hydrogen-bond donors (Lipinski definition) is 1. The first kappa shape index (κ1) is 26.0. The standard InChI is InChI=1S/C26H32FN5O3S/c1-6-32-24(17(3)31(4)5)15-26(29-32)36(34,35)30-25(33)14-22-19-8-7-9-20(19)23(27)13-21(22)18-10-11-28-16(2)12-18/h10-13,15,17H,6-9,14H2,1-5H3,(H,30,33). The molecule has 192 valence electrons. The van der Waals surface area contributed by atoms with Gasteiger partial charge in [0.2, 0.25) is 5.91 Å². The maximum atomic E-state index is 14.9. The minimum atomic E-state index is -4.19. The summed E-state index contributed by atoms with van der Waals surface area (Å²) in [5.41, 5.74) is 4.89. The Morgan fingerprint density at radius 1 is 1.22 bits per heavy atom. The van der Waals surface area contributed by atoms with Gasteiger partial charge in [-0.25, -0.2) is 9.11 Å². The number of aromatic nitrogens is 3. The number of nitrogens with zero attached hydrogens (tertiary/aromatic N) is 4. The van der Waals surface area contributed by atoms with E-state index in [0.717, 1.165) is 28.9 Å². The molecule has 0 saturated heterocycles. The zero-order chi connectivity index (χ0) is 26.2. The van der Waals surface area contributed by atoms with Gasteiger partial charge in [-0.1, -0.05) is 0 Å². The molecule has 4 rings (SSSR count). The zero-order valence-corrected chi connectivity index (χ0v) is 22.1. The molecule has 0 radical (unpaired) electrons. The van der Waals surface area contributed by atoms with E-state index < -0.39 is 15.9 Å². The van der Waals surface area contributed by atoms with Crippen molar-refractivity contribution in [2.75, 3.05) is 14.1 Å². The lowest BCUT2D eigenvalue weighted by Gasteiger charge is -2.20. The third-order valence-electron chi connectivity index (χ3n) is 6.83. The van der Waals surface area contributed by atoms with Crippen molar-refractivity contribution in [2.24, 2.45) is 0 Å². The zero-order valence-electron chi connectivity index (χ0n) is 21.3. The number of fused-ring (bicyclic) bond motifs is 1. The van der Waals surface area contributed by atoms with E-state index >= 15 is 0 Å². The minimum absolute atomic E-state index is 0.0646. The molecule has 0 saturated carbocycles. The van der Waals surface area contributed by atoms with E-state index in [0.29, 0.717) is 36.1 Å². The summed E-state index contributed by atoms with van der Waals surface area (Å²) >= 11 is 0. The fourth-order valence-electron chi connectivity index (χ4n) is 4.77. The third-order valence-corrected chi connectivity index (χ3v) is 8.07. The largest absolute Gasteiger partial charge is 0.301 e. The molecular formula is C26H32FN5O3S. The Morgan fingerprint density at radius 2 is 1.94 bits per heavy atom. The maximum Gasteiger partial charge on any atom is 0.283 e. The quantitative estimate of drug-likeness (QED) is 0.495. The molecule has 1 aliphatic carbocycles. The number of carbonyl (C=O) groups excluding carboxylic acids is 1. The monoisotopic (exact) mass is 513 g/mol. The van der Waals surface area contributed by atoms with Crippen molar-refractivity contribution < 1.29 is 17.6 Å². The van der Waals surface area contributed by atoms with Gasteiger partial charge in [0.15, 0.2) is 5.03 Å². The average molecular weight is 514 g/mol. The van der Waals surface area contributed by atoms with Crippen molar-refractivity contribution in [3.8, 4) is 11.1 Å². The van der Waals surface area contributed by atoms with E-state index in [1.807, 2.05) is 45.8 Å². The molecule has 0 fully saturated rings. The Labute approximate surface area is 211 Å². The van der Waals surface area contributed by atoms with Gasteiger partial charge in [-0.2, -0.15) is 13.5 Å². The number of nitrogens with one attached hydrogen (secondary N) is 1. The van der Waals surface area contributed by atoms with Crippen LogP contribution in [0.3, 0.4) is 0 Å². The van der Waals surface area contributed by atoms with Crippen LogP contribution in [0, 0.1) is 12.7 Å². The SMILES string of the molecule is CCn1nc(S(=O)(=O)NC(=O)Cc2c(-c3ccnc(C)c3)cc(F)c3c2CCC3)cc1C(C)N(C)C. The molecule has 0 aliphatic heterocycles. The Hall–Kier alpha value is -3.11. The lowest BCUT2D eigenvalue weighted by molar-refractivity contribution is -0.118. The molecular weight excluding hydrogens is 481 g/mol. The van der Waals surface area contributed by atoms with Crippen molar-refractivity contribution in [3.05, 3.63) is 64.4 Å². The summed E-state index contributed by atoms with van der Waals surface area (Å²) in [4.78, 5) is 19.3. The number of sulfonamides is 1. The normalized spacial score (nSPS) is 14.2. The molecule has 1 aromatic carbocycles. The number of pyridine rings is 1. The number of benzene rings is 1. The highest BCUT2D eigenvalue weighted by Gasteiger charge is 2.28. The topological polar surface area (TPSA) is 97.2 Å². The van der Waals surface area contributed by atoms with Gasteiger partial charge in [-0.05, 0) is 100 Å². The van der Waals surface area contributed by atoms with Gasteiger partial charge in [-0.15, -0.1) is 0 Å². The van der Waals surface area contributed by atoms with Gasteiger partial charge >= 0.3 is 0 Å². The van der Waals surface area contributed by atoms with Crippen LogP contribution in [0.4, 0.5) is 4.39 Å². The predicted octanol–water partition coefficient (Wildman–Crippen LogP) is 3.57. The number of carbonyl (C=O) groups is 1. The molecule has 1 atom stereocenters. The number of halogens is 1. The van der Waals surface area contributed by atoms with Crippen molar-refractivity contribution in [1.29, 1.82) is 0 Å². The molecule has 2 aromatic heterocycles. The second kappa shape index (κ2) is 10.1. The molecule has 1 amide bonds. The molecule has 1 unspecified atom stereocenters. The molecule has 36 heavy (non-hydrogen) atoms. The van der Waals surface area contributed by atoms with Gasteiger partial charge in [0.1, 0.15) is 5.82 Å². The van der Waals surface area contributed by atoms with Gasteiger partial charge in [0, 0.05) is 30.5 Å². The van der Waals surface area contributed by atoms with E-state index in [1.165, 1.54) is 12.1 Å². The van der Waals surface area contributed by atoms with Gasteiger partial charge in [0.05, 0.1) is 12.1 Å². The van der Waals surface area contributed by atoms with Crippen molar-refractivity contribution in [2.45, 2.75) is 64.1 Å². The van der Waals surface area contributed by atoms with Crippen molar-refractivity contribution >= 4 is 15.9 Å². The third kappa shape index (κ3) is 5.05. The lowest BCUT2D eigenvalue weighted by atomic mass is 9.90. The Morgan fingerprint density at radius 3 is 2.61 bits per heavy atom. The van der Waals surface area contributed by atoms with E-state index in [-0.39, 0.29) is 23.3 Å². The number of hydrogen-bond acceptors (Lipinski definition) is 6. The molecule has 0 spiro atoms. The number of aryl methyl sites for hydroxylation is 2. The summed E-state index contributed by atoms with van der Waals surface area (Å²) in [6, 6.07) is 6.49. The predicted molar refractivity (Wildman–Crippen MR) is 135 cm³/mol. The highest BCUT2D eigenvalue weighted by Crippen LogP contribution is 2.36. The second-order valence-corrected chi connectivity index (χ2v) is 11.1. The van der Waals surface area contributed by atoms with Gasteiger partial charge in [-0.3, -0.25) is 14.5 Å². The van der Waals surface area contributed by atoms with Gasteiger partial charge in [0.25, 0.3) is 10.0 Å². The highest BCUT2D eigenvalue weighted by molar-refractivity contribution is 7.90. The van der Waals surface area contributed by atoms with Gasteiger partial charge < -0.3 is 4.90 Å². The molecule has 3 aromatic rings. The molecule has 8 nitrogen and oxygen atoms in total. The van der Waals surface area contributed by atoms with Crippen LogP contribution in [0.5, 0.6) is 0 Å². The van der Waals surface area contributed by atoms with Crippen molar-refractivity contribution in [1.82, 2.24) is 24.4 Å². The lowest BCUT2D eigenvalue weighted by Crippen LogP contribution is -2.32. The summed E-state index contributed by atoms with van der Waals surface area (Å²) in [5.74, 6) is -0.979. The van der Waals surface area contributed by atoms with E-state index in [9.17, 15) is 17.6 Å². The summed E-state index contributed by atoms with van der Waals surface area (Å²) in [6.07, 6.45) is 3.49. The van der Waals surface area contributed by atoms with Crippen LogP contribution in [0.25, 0.3) is 11.1 Å². The van der Waals surface area contributed by atoms with Crippen LogP contribution in [-0.4, -0.2) is 48.1 Å². The van der Waals surface area contributed by atoms with E-state index in [2.05, 4.69) is 14.8 Å². The minimum Gasteiger partial charge on any atom is -0.301 e. The van der Waals surface area contributed by atoms with Crippen LogP contribution in [0.15, 0.2) is 35.5 Å². The van der Waals surface area contributed by atoms with Crippen LogP contribution in [-0.2, 0) is 40.6 Å². The Kier molecular flexibility index (Phi) is 7.28. The Bertz CT molecular complexity index is 1420. The maximum absolute atomic E-state index is 14.9. The molecule has 0 bridgehead atoms. The summed E-state index contributed by atoms with van der Waals surface area (Å²) < 4.78 is 44.9. The summed E-state index contributed by atoms with van der Waals surface area (Å²) in [6.45, 7) is 6.17. The van der Waals surface area contributed by atoms with E-state index in [4.69, 9.17) is 0 Å². The first-order chi connectivity index (χ1) is 17.0. The first-order valence-corrected chi connectivity index (χ1v) is 13.6. The van der Waals surface area contributed by atoms with Crippen molar-refractivity contribution in [3.63, 3.8) is 0 Å². The fraction of sp³-hybridized carbons (Fsp3) is 0.423. The second-order valence-electron chi connectivity index (χ2n) is 9.45. The molecule has 2 heterocycles. The highest BCUT2D eigenvalue weighted by atomic mass is 32.2. The first-order valence-electron chi connectivity index (χ1n) is 12.1. The summed E-state index contributed by atoms with van der Waals surface area (Å²) in [7, 11) is -0.392. The van der Waals surface area contributed by atoms with Crippen LogP contribution in [0.2, 0.25) is 0 Å². The average Bonchev–Trinajstić information content (AvgIpc) is 3.48. The van der Waals surface area contributed by atoms with Crippen LogP contribution in [0.1, 0.15) is 54.4 Å². The molecule has 1 aliphatic rings. The summed E-state index contributed by atoms with van der Waals surface area (Å²) in [5, 5.41) is 4.04. The number of amides is 1. The molecule has 10 heteroatoms. The van der Waals surface area contributed by atoms with E-state index in [1.54, 1.807) is 16.9 Å². The van der Waals surface area contributed by atoms with Crippen LogP contribution < -0.4 is 4.72 Å². The smallest absolute Gasteiger partial charge is 0.283 e. The fourth-order valence-corrected chi connectivity index (χ4v) is 5.73. The number of rotatable bonds is 8. The molecule has 1 N–H and O–H groups in total.